The number of ether oxygens (including phenoxy) is 1. The SMILES string of the molecule is COC1CCN(C(=O)c2ccc(-n3cc(-n4ncc5ccccc54)nn3)cc2)CC1. The van der Waals surface area contributed by atoms with E-state index in [4.69, 9.17) is 4.74 Å². The summed E-state index contributed by atoms with van der Waals surface area (Å²) < 4.78 is 8.83. The van der Waals surface area contributed by atoms with Crippen molar-refractivity contribution in [2.75, 3.05) is 20.2 Å². The summed E-state index contributed by atoms with van der Waals surface area (Å²) >= 11 is 0. The Bertz CT molecular complexity index is 1170. The molecule has 1 aliphatic heterocycles. The lowest BCUT2D eigenvalue weighted by atomic mass is 10.1. The van der Waals surface area contributed by atoms with Gasteiger partial charge in [-0.1, -0.05) is 23.4 Å². The maximum Gasteiger partial charge on any atom is 0.253 e. The Morgan fingerprint density at radius 1 is 1.07 bits per heavy atom. The van der Waals surface area contributed by atoms with Crippen molar-refractivity contribution >= 4 is 16.8 Å². The molecular formula is C22H22N6O2. The van der Waals surface area contributed by atoms with Gasteiger partial charge in [-0.25, -0.2) is 9.36 Å². The van der Waals surface area contributed by atoms with Crippen LogP contribution in [0.1, 0.15) is 23.2 Å². The Kier molecular flexibility index (Phi) is 4.76. The van der Waals surface area contributed by atoms with Crippen molar-refractivity contribution in [3.8, 4) is 11.5 Å². The maximum atomic E-state index is 12.8. The molecule has 0 aliphatic carbocycles. The molecule has 2 aromatic carbocycles. The quantitative estimate of drug-likeness (QED) is 0.525. The molecule has 0 saturated carbocycles. The van der Waals surface area contributed by atoms with Gasteiger partial charge in [0.2, 0.25) is 0 Å². The van der Waals surface area contributed by atoms with Crippen LogP contribution in [0.4, 0.5) is 0 Å². The standard InChI is InChI=1S/C22H22N6O2/c1-30-19-10-12-26(13-11-19)22(29)16-6-8-18(9-7-16)27-15-21(24-25-27)28-20-5-3-2-4-17(20)14-23-28/h2-9,14-15,19H,10-13H2,1H3. The van der Waals surface area contributed by atoms with Crippen LogP contribution in [0.3, 0.4) is 0 Å². The minimum absolute atomic E-state index is 0.0541. The number of likely N-dealkylation sites (tertiary alicyclic amines) is 1. The van der Waals surface area contributed by atoms with Crippen LogP contribution >= 0.6 is 0 Å². The third-order valence-corrected chi connectivity index (χ3v) is 5.62. The highest BCUT2D eigenvalue weighted by Crippen LogP contribution is 2.19. The minimum atomic E-state index is 0.0541. The number of fused-ring (bicyclic) bond motifs is 1. The van der Waals surface area contributed by atoms with Gasteiger partial charge < -0.3 is 9.64 Å². The van der Waals surface area contributed by atoms with Crippen molar-refractivity contribution in [2.24, 2.45) is 0 Å². The first-order valence-corrected chi connectivity index (χ1v) is 10.0. The third kappa shape index (κ3) is 3.35. The number of hydrogen-bond donors (Lipinski definition) is 0. The van der Waals surface area contributed by atoms with Gasteiger partial charge in [-0.2, -0.15) is 5.10 Å². The van der Waals surface area contributed by atoms with Crippen molar-refractivity contribution in [3.63, 3.8) is 0 Å². The molecule has 0 atom stereocenters. The Balaban J connectivity index is 1.33. The Hall–Kier alpha value is -3.52. The van der Waals surface area contributed by atoms with Crippen LogP contribution in [0.5, 0.6) is 0 Å². The summed E-state index contributed by atoms with van der Waals surface area (Å²) in [6.45, 7) is 1.45. The van der Waals surface area contributed by atoms with Gasteiger partial charge in [0, 0.05) is 31.1 Å². The van der Waals surface area contributed by atoms with E-state index in [1.807, 2.05) is 65.8 Å². The number of carbonyl (C=O) groups is 1. The van der Waals surface area contributed by atoms with Crippen LogP contribution < -0.4 is 0 Å². The molecule has 1 aliphatic rings. The van der Waals surface area contributed by atoms with Crippen molar-refractivity contribution in [2.45, 2.75) is 18.9 Å². The molecule has 4 aromatic rings. The second-order valence-electron chi connectivity index (χ2n) is 7.41. The number of methoxy groups -OCH3 is 1. The lowest BCUT2D eigenvalue weighted by Crippen LogP contribution is -2.40. The number of piperidine rings is 1. The van der Waals surface area contributed by atoms with Crippen LogP contribution in [-0.2, 0) is 4.74 Å². The fourth-order valence-electron chi connectivity index (χ4n) is 3.87. The van der Waals surface area contributed by atoms with Crippen molar-refractivity contribution < 1.29 is 9.53 Å². The number of rotatable bonds is 4. The summed E-state index contributed by atoms with van der Waals surface area (Å²) in [6, 6.07) is 15.4. The van der Waals surface area contributed by atoms with Crippen LogP contribution in [0, 0.1) is 0 Å². The molecule has 8 nitrogen and oxygen atoms in total. The summed E-state index contributed by atoms with van der Waals surface area (Å²) in [5.74, 6) is 0.691. The molecule has 8 heteroatoms. The van der Waals surface area contributed by atoms with Crippen molar-refractivity contribution in [1.82, 2.24) is 29.7 Å². The molecule has 5 rings (SSSR count). The van der Waals surface area contributed by atoms with E-state index in [1.165, 1.54) is 0 Å². The number of nitrogens with zero attached hydrogens (tertiary/aromatic N) is 6. The summed E-state index contributed by atoms with van der Waals surface area (Å²) in [5.41, 5.74) is 2.48. The molecule has 152 valence electrons. The van der Waals surface area contributed by atoms with E-state index < -0.39 is 0 Å². The van der Waals surface area contributed by atoms with Crippen LogP contribution in [0.25, 0.3) is 22.4 Å². The zero-order chi connectivity index (χ0) is 20.5. The first kappa shape index (κ1) is 18.5. The zero-order valence-corrected chi connectivity index (χ0v) is 16.7. The molecule has 1 amide bonds. The second kappa shape index (κ2) is 7.72. The summed E-state index contributed by atoms with van der Waals surface area (Å²) in [5, 5.41) is 13.9. The monoisotopic (exact) mass is 402 g/mol. The molecular weight excluding hydrogens is 380 g/mol. The smallest absolute Gasteiger partial charge is 0.253 e. The van der Waals surface area contributed by atoms with E-state index in [1.54, 1.807) is 16.5 Å². The normalized spacial score (nSPS) is 15.0. The van der Waals surface area contributed by atoms with Gasteiger partial charge in [-0.15, -0.1) is 5.10 Å². The van der Waals surface area contributed by atoms with Gasteiger partial charge in [-0.05, 0) is 43.2 Å². The highest BCUT2D eigenvalue weighted by molar-refractivity contribution is 5.94. The summed E-state index contributed by atoms with van der Waals surface area (Å²) in [6.07, 6.45) is 5.65. The molecule has 0 radical (unpaired) electrons. The van der Waals surface area contributed by atoms with Gasteiger partial charge in [0.25, 0.3) is 5.91 Å². The fraction of sp³-hybridized carbons (Fsp3) is 0.273. The Labute approximate surface area is 173 Å². The first-order chi connectivity index (χ1) is 14.7. The summed E-state index contributed by atoms with van der Waals surface area (Å²) in [7, 11) is 1.73. The lowest BCUT2D eigenvalue weighted by Gasteiger charge is -2.31. The first-order valence-electron chi connectivity index (χ1n) is 10.0. The van der Waals surface area contributed by atoms with E-state index in [9.17, 15) is 4.79 Å². The predicted octanol–water partition coefficient (Wildman–Crippen LogP) is 2.86. The predicted molar refractivity (Wildman–Crippen MR) is 112 cm³/mol. The van der Waals surface area contributed by atoms with E-state index in [-0.39, 0.29) is 12.0 Å². The Morgan fingerprint density at radius 2 is 1.83 bits per heavy atom. The van der Waals surface area contributed by atoms with Crippen LogP contribution in [0.2, 0.25) is 0 Å². The maximum absolute atomic E-state index is 12.8. The van der Waals surface area contributed by atoms with E-state index in [0.717, 1.165) is 42.5 Å². The van der Waals surface area contributed by atoms with Gasteiger partial charge in [0.1, 0.15) is 0 Å². The van der Waals surface area contributed by atoms with Gasteiger partial charge in [0.05, 0.1) is 29.7 Å². The second-order valence-corrected chi connectivity index (χ2v) is 7.41. The highest BCUT2D eigenvalue weighted by Gasteiger charge is 2.23. The molecule has 3 heterocycles. The van der Waals surface area contributed by atoms with E-state index in [2.05, 4.69) is 15.4 Å². The van der Waals surface area contributed by atoms with E-state index in [0.29, 0.717) is 11.4 Å². The van der Waals surface area contributed by atoms with E-state index >= 15 is 0 Å². The average Bonchev–Trinajstić information content (AvgIpc) is 3.46. The molecule has 0 N–H and O–H groups in total. The number of aromatic nitrogens is 5. The minimum Gasteiger partial charge on any atom is -0.381 e. The fourth-order valence-corrected chi connectivity index (χ4v) is 3.87. The van der Waals surface area contributed by atoms with Gasteiger partial charge in [0.15, 0.2) is 5.82 Å². The van der Waals surface area contributed by atoms with Crippen molar-refractivity contribution in [3.05, 3.63) is 66.5 Å². The average molecular weight is 402 g/mol. The third-order valence-electron chi connectivity index (χ3n) is 5.62. The number of para-hydroxylation sites is 1. The molecule has 1 saturated heterocycles. The van der Waals surface area contributed by atoms with Gasteiger partial charge >= 0.3 is 0 Å². The molecule has 30 heavy (non-hydrogen) atoms. The molecule has 1 fully saturated rings. The number of hydrogen-bond acceptors (Lipinski definition) is 5. The van der Waals surface area contributed by atoms with Crippen LogP contribution in [0.15, 0.2) is 60.9 Å². The van der Waals surface area contributed by atoms with Gasteiger partial charge in [-0.3, -0.25) is 4.79 Å². The summed E-state index contributed by atoms with van der Waals surface area (Å²) in [4.78, 5) is 14.7. The number of amides is 1. The zero-order valence-electron chi connectivity index (χ0n) is 16.7. The molecule has 0 unspecified atom stereocenters. The molecule has 0 bridgehead atoms. The van der Waals surface area contributed by atoms with Crippen LogP contribution in [-0.4, -0.2) is 61.9 Å². The molecule has 2 aromatic heterocycles. The Morgan fingerprint density at radius 3 is 2.60 bits per heavy atom. The lowest BCUT2D eigenvalue weighted by molar-refractivity contribution is 0.0351. The molecule has 0 spiro atoms. The highest BCUT2D eigenvalue weighted by atomic mass is 16.5. The number of carbonyl (C=O) groups excluding carboxylic acids is 1. The largest absolute Gasteiger partial charge is 0.381 e. The number of benzene rings is 2. The topological polar surface area (TPSA) is 78.1 Å². The van der Waals surface area contributed by atoms with Crippen molar-refractivity contribution in [1.29, 1.82) is 0 Å².